The Morgan fingerprint density at radius 2 is 2.00 bits per heavy atom. The molecule has 0 aliphatic carbocycles. The number of ketones is 1. The predicted octanol–water partition coefficient (Wildman–Crippen LogP) is 2.18. The molecule has 0 aromatic heterocycles. The van der Waals surface area contributed by atoms with Crippen molar-refractivity contribution >= 4 is 17.4 Å². The van der Waals surface area contributed by atoms with E-state index in [1.54, 1.807) is 20.1 Å². The van der Waals surface area contributed by atoms with Crippen molar-refractivity contribution in [2.24, 2.45) is 0 Å². The molecule has 0 heterocycles. The summed E-state index contributed by atoms with van der Waals surface area (Å²) >= 11 is 0. The van der Waals surface area contributed by atoms with Crippen molar-refractivity contribution in [1.82, 2.24) is 0 Å². The standard InChI is InChI=1S/C13H17NO3/c1-9(15)4-5-11-6-7-13(17-3)12(8-11)14-10(2)16/h6-8H,4-5H2,1-3H3,(H,14,16). The van der Waals surface area contributed by atoms with Crippen molar-refractivity contribution in [1.29, 1.82) is 0 Å². The average Bonchev–Trinajstić information content (AvgIpc) is 2.25. The van der Waals surface area contributed by atoms with Gasteiger partial charge in [-0.2, -0.15) is 0 Å². The van der Waals surface area contributed by atoms with Crippen LogP contribution in [0.1, 0.15) is 25.8 Å². The molecule has 0 atom stereocenters. The number of hydrogen-bond acceptors (Lipinski definition) is 3. The first kappa shape index (κ1) is 13.2. The zero-order chi connectivity index (χ0) is 12.8. The number of rotatable bonds is 5. The normalized spacial score (nSPS) is 9.82. The molecule has 1 rings (SSSR count). The smallest absolute Gasteiger partial charge is 0.221 e. The number of benzene rings is 1. The first-order valence-corrected chi connectivity index (χ1v) is 5.47. The Bertz CT molecular complexity index is 427. The van der Waals surface area contributed by atoms with Crippen LogP contribution in [0.3, 0.4) is 0 Å². The van der Waals surface area contributed by atoms with Crippen molar-refractivity contribution in [2.75, 3.05) is 12.4 Å². The molecule has 1 aromatic rings. The summed E-state index contributed by atoms with van der Waals surface area (Å²) in [6.07, 6.45) is 1.18. The lowest BCUT2D eigenvalue weighted by atomic mass is 10.1. The number of amides is 1. The minimum atomic E-state index is -0.146. The van der Waals surface area contributed by atoms with Crippen LogP contribution in [0.2, 0.25) is 0 Å². The second-order valence-corrected chi connectivity index (χ2v) is 3.92. The summed E-state index contributed by atoms with van der Waals surface area (Å²) in [5, 5.41) is 2.70. The number of aryl methyl sites for hydroxylation is 1. The van der Waals surface area contributed by atoms with E-state index in [4.69, 9.17) is 4.74 Å². The van der Waals surface area contributed by atoms with Crippen LogP contribution >= 0.6 is 0 Å². The van der Waals surface area contributed by atoms with Gasteiger partial charge in [0.2, 0.25) is 5.91 Å². The fourth-order valence-electron chi connectivity index (χ4n) is 1.52. The lowest BCUT2D eigenvalue weighted by Gasteiger charge is -2.10. The molecule has 92 valence electrons. The summed E-state index contributed by atoms with van der Waals surface area (Å²) in [5.41, 5.74) is 1.64. The van der Waals surface area contributed by atoms with E-state index in [9.17, 15) is 9.59 Å². The SMILES string of the molecule is COc1ccc(CCC(C)=O)cc1NC(C)=O. The van der Waals surface area contributed by atoms with E-state index >= 15 is 0 Å². The molecule has 0 saturated heterocycles. The summed E-state index contributed by atoms with van der Waals surface area (Å²) in [6, 6.07) is 5.52. The average molecular weight is 235 g/mol. The van der Waals surface area contributed by atoms with E-state index in [1.165, 1.54) is 6.92 Å². The summed E-state index contributed by atoms with van der Waals surface area (Å²) in [5.74, 6) is 0.626. The lowest BCUT2D eigenvalue weighted by Crippen LogP contribution is -2.07. The van der Waals surface area contributed by atoms with Crippen LogP contribution in [0.4, 0.5) is 5.69 Å². The summed E-state index contributed by atoms with van der Waals surface area (Å²) in [4.78, 5) is 21.9. The third-order valence-corrected chi connectivity index (χ3v) is 2.34. The lowest BCUT2D eigenvalue weighted by molar-refractivity contribution is -0.117. The van der Waals surface area contributed by atoms with Gasteiger partial charge < -0.3 is 14.8 Å². The Hall–Kier alpha value is -1.84. The van der Waals surface area contributed by atoms with Crippen molar-refractivity contribution in [3.05, 3.63) is 23.8 Å². The van der Waals surface area contributed by atoms with Gasteiger partial charge in [-0.1, -0.05) is 6.07 Å². The number of hydrogen-bond donors (Lipinski definition) is 1. The Kier molecular flexibility index (Phi) is 4.69. The molecule has 4 nitrogen and oxygen atoms in total. The number of carbonyl (C=O) groups is 2. The Morgan fingerprint density at radius 1 is 1.29 bits per heavy atom. The molecule has 0 aliphatic heterocycles. The molecule has 0 radical (unpaired) electrons. The van der Waals surface area contributed by atoms with E-state index in [0.29, 0.717) is 24.3 Å². The Labute approximate surface area is 101 Å². The van der Waals surface area contributed by atoms with E-state index in [0.717, 1.165) is 5.56 Å². The second-order valence-electron chi connectivity index (χ2n) is 3.92. The minimum absolute atomic E-state index is 0.146. The molecular formula is C13H17NO3. The third kappa shape index (κ3) is 4.26. The molecule has 17 heavy (non-hydrogen) atoms. The molecule has 1 N–H and O–H groups in total. The maximum Gasteiger partial charge on any atom is 0.221 e. The summed E-state index contributed by atoms with van der Waals surface area (Å²) in [7, 11) is 1.55. The third-order valence-electron chi connectivity index (χ3n) is 2.34. The number of methoxy groups -OCH3 is 1. The second kappa shape index (κ2) is 6.03. The van der Waals surface area contributed by atoms with Gasteiger partial charge in [0.1, 0.15) is 11.5 Å². The molecule has 0 fully saturated rings. The van der Waals surface area contributed by atoms with Crippen LogP contribution in [0.25, 0.3) is 0 Å². The van der Waals surface area contributed by atoms with Gasteiger partial charge in [0.15, 0.2) is 0 Å². The van der Waals surface area contributed by atoms with E-state index < -0.39 is 0 Å². The van der Waals surface area contributed by atoms with Crippen molar-refractivity contribution < 1.29 is 14.3 Å². The highest BCUT2D eigenvalue weighted by Gasteiger charge is 2.06. The van der Waals surface area contributed by atoms with Crippen LogP contribution in [-0.2, 0) is 16.0 Å². The molecule has 0 bridgehead atoms. The zero-order valence-electron chi connectivity index (χ0n) is 10.4. The fraction of sp³-hybridized carbons (Fsp3) is 0.385. The zero-order valence-corrected chi connectivity index (χ0v) is 10.4. The van der Waals surface area contributed by atoms with Crippen molar-refractivity contribution in [2.45, 2.75) is 26.7 Å². The van der Waals surface area contributed by atoms with E-state index in [1.807, 2.05) is 12.1 Å². The molecule has 0 saturated carbocycles. The molecule has 1 aromatic carbocycles. The quantitative estimate of drug-likeness (QED) is 0.851. The predicted molar refractivity (Wildman–Crippen MR) is 66.3 cm³/mol. The Balaban J connectivity index is 2.87. The first-order valence-electron chi connectivity index (χ1n) is 5.47. The molecule has 0 spiro atoms. The van der Waals surface area contributed by atoms with E-state index in [2.05, 4.69) is 5.32 Å². The first-order chi connectivity index (χ1) is 8.02. The number of carbonyl (C=O) groups excluding carboxylic acids is 2. The molecule has 0 aliphatic rings. The highest BCUT2D eigenvalue weighted by molar-refractivity contribution is 5.90. The van der Waals surface area contributed by atoms with Gasteiger partial charge in [-0.15, -0.1) is 0 Å². The molecule has 1 amide bonds. The van der Waals surface area contributed by atoms with E-state index in [-0.39, 0.29) is 11.7 Å². The summed E-state index contributed by atoms with van der Waals surface area (Å²) in [6.45, 7) is 3.01. The maximum atomic E-state index is 11.0. The molecular weight excluding hydrogens is 218 g/mol. The van der Waals surface area contributed by atoms with Gasteiger partial charge in [-0.3, -0.25) is 4.79 Å². The topological polar surface area (TPSA) is 55.4 Å². The van der Waals surface area contributed by atoms with Crippen molar-refractivity contribution in [3.63, 3.8) is 0 Å². The van der Waals surface area contributed by atoms with Gasteiger partial charge in [-0.25, -0.2) is 0 Å². The number of nitrogens with one attached hydrogen (secondary N) is 1. The number of Topliss-reactive ketones (excluding diaryl/α,β-unsaturated/α-hetero) is 1. The van der Waals surface area contributed by atoms with Crippen LogP contribution < -0.4 is 10.1 Å². The summed E-state index contributed by atoms with van der Waals surface area (Å²) < 4.78 is 5.15. The largest absolute Gasteiger partial charge is 0.495 e. The van der Waals surface area contributed by atoms with Gasteiger partial charge in [0.25, 0.3) is 0 Å². The van der Waals surface area contributed by atoms with Crippen LogP contribution in [0.5, 0.6) is 5.75 Å². The van der Waals surface area contributed by atoms with Crippen LogP contribution in [-0.4, -0.2) is 18.8 Å². The highest BCUT2D eigenvalue weighted by atomic mass is 16.5. The maximum absolute atomic E-state index is 11.0. The van der Waals surface area contributed by atoms with Gasteiger partial charge in [-0.05, 0) is 31.0 Å². The highest BCUT2D eigenvalue weighted by Crippen LogP contribution is 2.25. The molecule has 0 unspecified atom stereocenters. The fourth-order valence-corrected chi connectivity index (χ4v) is 1.52. The Morgan fingerprint density at radius 3 is 2.53 bits per heavy atom. The van der Waals surface area contributed by atoms with Crippen molar-refractivity contribution in [3.8, 4) is 5.75 Å². The number of anilines is 1. The molecule has 4 heteroatoms. The monoisotopic (exact) mass is 235 g/mol. The minimum Gasteiger partial charge on any atom is -0.495 e. The van der Waals surface area contributed by atoms with Crippen LogP contribution in [0, 0.1) is 0 Å². The van der Waals surface area contributed by atoms with Gasteiger partial charge in [0.05, 0.1) is 12.8 Å². The van der Waals surface area contributed by atoms with Gasteiger partial charge in [0, 0.05) is 13.3 Å². The van der Waals surface area contributed by atoms with Crippen LogP contribution in [0.15, 0.2) is 18.2 Å². The van der Waals surface area contributed by atoms with Gasteiger partial charge >= 0.3 is 0 Å². The number of ether oxygens (including phenoxy) is 1.